The van der Waals surface area contributed by atoms with Crippen LogP contribution in [0.2, 0.25) is 0 Å². The molecule has 2 rings (SSSR count). The fourth-order valence-electron chi connectivity index (χ4n) is 1.80. The Morgan fingerprint density at radius 1 is 1.42 bits per heavy atom. The van der Waals surface area contributed by atoms with E-state index in [1.807, 2.05) is 25.1 Å². The second-order valence-corrected chi connectivity index (χ2v) is 4.43. The summed E-state index contributed by atoms with van der Waals surface area (Å²) in [6.45, 7) is 2.00. The van der Waals surface area contributed by atoms with E-state index in [0.29, 0.717) is 16.9 Å². The lowest BCUT2D eigenvalue weighted by Gasteiger charge is -2.08. The first-order chi connectivity index (χ1) is 9.13. The van der Waals surface area contributed by atoms with Gasteiger partial charge >= 0.3 is 0 Å². The van der Waals surface area contributed by atoms with Gasteiger partial charge in [0.05, 0.1) is 11.8 Å². The third-order valence-corrected chi connectivity index (χ3v) is 3.01. The van der Waals surface area contributed by atoms with Gasteiger partial charge in [0.25, 0.3) is 5.91 Å². The van der Waals surface area contributed by atoms with E-state index in [9.17, 15) is 4.79 Å². The number of benzene rings is 1. The van der Waals surface area contributed by atoms with Crippen molar-refractivity contribution in [2.75, 3.05) is 5.32 Å². The van der Waals surface area contributed by atoms with Crippen LogP contribution in [0.3, 0.4) is 0 Å². The van der Waals surface area contributed by atoms with Crippen molar-refractivity contribution in [3.8, 4) is 0 Å². The second kappa shape index (κ2) is 5.62. The van der Waals surface area contributed by atoms with E-state index >= 15 is 0 Å². The molecule has 0 saturated carbocycles. The van der Waals surface area contributed by atoms with Gasteiger partial charge in [-0.2, -0.15) is 5.10 Å². The number of nitrogens with two attached hydrogens (primary N) is 1. The highest BCUT2D eigenvalue weighted by Crippen LogP contribution is 2.15. The Balaban J connectivity index is 2.26. The molecule has 0 atom stereocenters. The van der Waals surface area contributed by atoms with Gasteiger partial charge in [0.1, 0.15) is 10.8 Å². The van der Waals surface area contributed by atoms with E-state index in [0.717, 1.165) is 12.0 Å². The molecule has 0 aliphatic carbocycles. The molecule has 0 fully saturated rings. The Kier molecular flexibility index (Phi) is 3.91. The molecule has 0 aliphatic heterocycles. The van der Waals surface area contributed by atoms with Crippen LogP contribution in [-0.2, 0) is 6.42 Å². The minimum atomic E-state index is -0.209. The molecule has 2 aromatic rings. The van der Waals surface area contributed by atoms with Gasteiger partial charge in [-0.25, -0.2) is 0 Å². The number of thiocarbonyl (C=S) groups is 1. The van der Waals surface area contributed by atoms with Crippen molar-refractivity contribution in [3.63, 3.8) is 0 Å². The molecule has 1 aromatic heterocycles. The van der Waals surface area contributed by atoms with Gasteiger partial charge in [-0.1, -0.05) is 37.3 Å². The predicted octanol–water partition coefficient (Wildman–Crippen LogP) is 1.86. The van der Waals surface area contributed by atoms with Crippen LogP contribution in [0.15, 0.2) is 30.5 Å². The lowest BCUT2D eigenvalue weighted by molar-refractivity contribution is 0.102. The van der Waals surface area contributed by atoms with Crippen LogP contribution < -0.4 is 11.1 Å². The molecule has 1 amide bonds. The lowest BCUT2D eigenvalue weighted by Crippen LogP contribution is -2.18. The van der Waals surface area contributed by atoms with E-state index in [2.05, 4.69) is 15.5 Å². The second-order valence-electron chi connectivity index (χ2n) is 3.99. The van der Waals surface area contributed by atoms with E-state index in [1.54, 1.807) is 6.07 Å². The molecular weight excluding hydrogens is 260 g/mol. The van der Waals surface area contributed by atoms with Gasteiger partial charge in [0.2, 0.25) is 0 Å². The molecular formula is C13H14N4OS. The first kappa shape index (κ1) is 13.2. The summed E-state index contributed by atoms with van der Waals surface area (Å²) >= 11 is 4.89. The van der Waals surface area contributed by atoms with Crippen LogP contribution in [0.25, 0.3) is 0 Å². The van der Waals surface area contributed by atoms with Gasteiger partial charge in [-0.15, -0.1) is 0 Å². The van der Waals surface area contributed by atoms with E-state index in [1.165, 1.54) is 6.20 Å². The summed E-state index contributed by atoms with van der Waals surface area (Å²) < 4.78 is 0. The molecule has 0 spiro atoms. The quantitative estimate of drug-likeness (QED) is 0.743. The molecule has 1 heterocycles. The minimum absolute atomic E-state index is 0.188. The molecule has 1 aromatic carbocycles. The first-order valence-electron chi connectivity index (χ1n) is 5.86. The summed E-state index contributed by atoms with van der Waals surface area (Å²) in [5, 5.41) is 9.24. The highest BCUT2D eigenvalue weighted by Gasteiger charge is 2.14. The van der Waals surface area contributed by atoms with Crippen LogP contribution in [-0.4, -0.2) is 21.1 Å². The van der Waals surface area contributed by atoms with Crippen molar-refractivity contribution < 1.29 is 4.79 Å². The van der Waals surface area contributed by atoms with E-state index in [4.69, 9.17) is 18.0 Å². The molecule has 19 heavy (non-hydrogen) atoms. The Labute approximate surface area is 116 Å². The topological polar surface area (TPSA) is 83.8 Å². The number of aryl methyl sites for hydroxylation is 1. The molecule has 4 N–H and O–H groups in total. The van der Waals surface area contributed by atoms with Crippen molar-refractivity contribution in [1.29, 1.82) is 0 Å². The number of aromatic nitrogens is 2. The number of nitrogens with zero attached hydrogens (tertiary/aromatic N) is 1. The normalized spacial score (nSPS) is 10.2. The number of carbonyl (C=O) groups is 1. The number of aromatic amines is 1. The maximum absolute atomic E-state index is 12.2. The number of H-pyrrole nitrogens is 1. The molecule has 0 unspecified atom stereocenters. The highest BCUT2D eigenvalue weighted by atomic mass is 32.1. The summed E-state index contributed by atoms with van der Waals surface area (Å²) in [5.41, 5.74) is 7.69. The Hall–Kier alpha value is -2.21. The van der Waals surface area contributed by atoms with Crippen LogP contribution >= 0.6 is 12.2 Å². The van der Waals surface area contributed by atoms with Crippen LogP contribution in [0.5, 0.6) is 0 Å². The van der Waals surface area contributed by atoms with E-state index in [-0.39, 0.29) is 10.9 Å². The van der Waals surface area contributed by atoms with Crippen LogP contribution in [0.1, 0.15) is 28.4 Å². The maximum Gasteiger partial charge on any atom is 0.257 e. The highest BCUT2D eigenvalue weighted by molar-refractivity contribution is 7.80. The third kappa shape index (κ3) is 2.79. The van der Waals surface area contributed by atoms with Gasteiger partial charge in [0, 0.05) is 5.56 Å². The zero-order valence-corrected chi connectivity index (χ0v) is 11.3. The molecule has 6 heteroatoms. The standard InChI is InChI=1S/C13H14N4OS/c1-2-8-5-3-4-6-9(8)13(18)16-12-10(11(14)19)7-15-17-12/h3-7H,2H2,1H3,(H2,14,19)(H2,15,16,17,18). The van der Waals surface area contributed by atoms with Crippen molar-refractivity contribution in [2.24, 2.45) is 5.73 Å². The fraction of sp³-hybridized carbons (Fsp3) is 0.154. The summed E-state index contributed by atoms with van der Waals surface area (Å²) in [5.74, 6) is 0.211. The van der Waals surface area contributed by atoms with Gasteiger partial charge in [0.15, 0.2) is 0 Å². The SMILES string of the molecule is CCc1ccccc1C(=O)Nc1[nH]ncc1C(N)=S. The molecule has 5 nitrogen and oxygen atoms in total. The van der Waals surface area contributed by atoms with Gasteiger partial charge in [-0.05, 0) is 18.1 Å². The monoisotopic (exact) mass is 274 g/mol. The minimum Gasteiger partial charge on any atom is -0.389 e. The summed E-state index contributed by atoms with van der Waals surface area (Å²) in [4.78, 5) is 12.4. The molecule has 0 bridgehead atoms. The van der Waals surface area contributed by atoms with Crippen molar-refractivity contribution in [3.05, 3.63) is 47.2 Å². The summed E-state index contributed by atoms with van der Waals surface area (Å²) in [6.07, 6.45) is 2.28. The maximum atomic E-state index is 12.2. The first-order valence-corrected chi connectivity index (χ1v) is 6.26. The number of amides is 1. The number of hydrogen-bond acceptors (Lipinski definition) is 3. The van der Waals surface area contributed by atoms with Crippen molar-refractivity contribution >= 4 is 28.9 Å². The largest absolute Gasteiger partial charge is 0.389 e. The number of rotatable bonds is 4. The smallest absolute Gasteiger partial charge is 0.257 e. The average molecular weight is 274 g/mol. The zero-order valence-electron chi connectivity index (χ0n) is 10.4. The van der Waals surface area contributed by atoms with Gasteiger partial charge < -0.3 is 11.1 Å². The Bertz CT molecular complexity index is 621. The molecule has 98 valence electrons. The fourth-order valence-corrected chi connectivity index (χ4v) is 1.95. The van der Waals surface area contributed by atoms with Crippen molar-refractivity contribution in [2.45, 2.75) is 13.3 Å². The predicted molar refractivity (Wildman–Crippen MR) is 78.2 cm³/mol. The lowest BCUT2D eigenvalue weighted by atomic mass is 10.0. The van der Waals surface area contributed by atoms with Gasteiger partial charge in [-0.3, -0.25) is 9.89 Å². The number of nitrogens with one attached hydrogen (secondary N) is 2. The summed E-state index contributed by atoms with van der Waals surface area (Å²) in [6, 6.07) is 7.45. The number of carbonyl (C=O) groups excluding carboxylic acids is 1. The zero-order chi connectivity index (χ0) is 13.8. The summed E-state index contributed by atoms with van der Waals surface area (Å²) in [7, 11) is 0. The third-order valence-electron chi connectivity index (χ3n) is 2.79. The average Bonchev–Trinajstić information content (AvgIpc) is 2.87. The Morgan fingerprint density at radius 3 is 2.84 bits per heavy atom. The molecule has 0 radical (unpaired) electrons. The van der Waals surface area contributed by atoms with E-state index < -0.39 is 0 Å². The van der Waals surface area contributed by atoms with Crippen LogP contribution in [0, 0.1) is 0 Å². The molecule has 0 aliphatic rings. The number of anilines is 1. The molecule has 0 saturated heterocycles. The number of hydrogen-bond donors (Lipinski definition) is 3. The Morgan fingerprint density at radius 2 is 2.16 bits per heavy atom. The van der Waals surface area contributed by atoms with Crippen molar-refractivity contribution in [1.82, 2.24) is 10.2 Å². The van der Waals surface area contributed by atoms with Crippen LogP contribution in [0.4, 0.5) is 5.82 Å².